The topological polar surface area (TPSA) is 46.3 Å². The second kappa shape index (κ2) is 5.99. The zero-order chi connectivity index (χ0) is 13.8. The minimum Gasteiger partial charge on any atom is -0.337 e. The minimum absolute atomic E-state index is 0.0136. The zero-order valence-electron chi connectivity index (χ0n) is 11.1. The van der Waals surface area contributed by atoms with Crippen molar-refractivity contribution in [2.75, 3.05) is 7.05 Å². The van der Waals surface area contributed by atoms with Crippen LogP contribution in [0, 0.1) is 0 Å². The molecule has 4 heteroatoms. The Morgan fingerprint density at radius 3 is 2.47 bits per heavy atom. The van der Waals surface area contributed by atoms with Gasteiger partial charge in [-0.2, -0.15) is 0 Å². The predicted molar refractivity (Wildman–Crippen MR) is 78.9 cm³/mol. The number of thiophene rings is 1. The molecule has 0 radical (unpaired) electrons. The lowest BCUT2D eigenvalue weighted by atomic mass is 10.1. The number of rotatable bonds is 4. The van der Waals surface area contributed by atoms with Gasteiger partial charge in [-0.25, -0.2) is 0 Å². The molecule has 2 rings (SSSR count). The lowest BCUT2D eigenvalue weighted by Gasteiger charge is -2.27. The SMILES string of the molecule is CC(c1ccccc1)N(C)C(=O)C(N)c1cccs1. The molecular weight excluding hydrogens is 256 g/mol. The first-order chi connectivity index (χ1) is 9.11. The maximum absolute atomic E-state index is 12.4. The van der Waals surface area contributed by atoms with E-state index >= 15 is 0 Å². The summed E-state index contributed by atoms with van der Waals surface area (Å²) in [5.74, 6) is -0.0567. The lowest BCUT2D eigenvalue weighted by molar-refractivity contribution is -0.133. The molecule has 1 heterocycles. The van der Waals surface area contributed by atoms with E-state index in [9.17, 15) is 4.79 Å². The first-order valence-electron chi connectivity index (χ1n) is 6.22. The van der Waals surface area contributed by atoms with Crippen LogP contribution in [0.2, 0.25) is 0 Å². The van der Waals surface area contributed by atoms with Gasteiger partial charge in [-0.1, -0.05) is 36.4 Å². The summed E-state index contributed by atoms with van der Waals surface area (Å²) in [5, 5.41) is 1.93. The molecule has 2 N–H and O–H groups in total. The summed E-state index contributed by atoms with van der Waals surface area (Å²) < 4.78 is 0. The first-order valence-corrected chi connectivity index (χ1v) is 7.10. The quantitative estimate of drug-likeness (QED) is 0.931. The van der Waals surface area contributed by atoms with Crippen LogP contribution in [-0.2, 0) is 4.79 Å². The lowest BCUT2D eigenvalue weighted by Crippen LogP contribution is -2.37. The van der Waals surface area contributed by atoms with Crippen molar-refractivity contribution in [2.24, 2.45) is 5.73 Å². The number of nitrogens with two attached hydrogens (primary N) is 1. The summed E-state index contributed by atoms with van der Waals surface area (Å²) in [4.78, 5) is 15.0. The maximum atomic E-state index is 12.4. The number of hydrogen-bond donors (Lipinski definition) is 1. The Kier molecular flexibility index (Phi) is 4.35. The van der Waals surface area contributed by atoms with E-state index in [1.807, 2.05) is 54.8 Å². The van der Waals surface area contributed by atoms with Crippen molar-refractivity contribution in [3.63, 3.8) is 0 Å². The molecule has 1 aromatic heterocycles. The molecule has 2 atom stereocenters. The fraction of sp³-hybridized carbons (Fsp3) is 0.267. The third kappa shape index (κ3) is 3.03. The standard InChI is InChI=1S/C15H18N2OS/c1-11(12-7-4-3-5-8-12)17(2)15(18)14(16)13-9-6-10-19-13/h3-11,14H,16H2,1-2H3. The average molecular weight is 274 g/mol. The van der Waals surface area contributed by atoms with Crippen molar-refractivity contribution in [1.29, 1.82) is 0 Å². The smallest absolute Gasteiger partial charge is 0.245 e. The number of carbonyl (C=O) groups excluding carboxylic acids is 1. The number of carbonyl (C=O) groups is 1. The third-order valence-corrected chi connectivity index (χ3v) is 4.28. The van der Waals surface area contributed by atoms with Crippen LogP contribution in [0.3, 0.4) is 0 Å². The van der Waals surface area contributed by atoms with Crippen LogP contribution in [-0.4, -0.2) is 17.9 Å². The van der Waals surface area contributed by atoms with E-state index in [4.69, 9.17) is 5.73 Å². The van der Waals surface area contributed by atoms with Crippen molar-refractivity contribution in [2.45, 2.75) is 19.0 Å². The molecule has 0 saturated carbocycles. The molecule has 0 aliphatic rings. The Morgan fingerprint density at radius 1 is 1.21 bits per heavy atom. The number of hydrogen-bond acceptors (Lipinski definition) is 3. The van der Waals surface area contributed by atoms with Crippen LogP contribution in [0.5, 0.6) is 0 Å². The van der Waals surface area contributed by atoms with Gasteiger partial charge in [-0.05, 0) is 23.9 Å². The van der Waals surface area contributed by atoms with E-state index in [0.29, 0.717) is 0 Å². The van der Waals surface area contributed by atoms with Gasteiger partial charge in [0.2, 0.25) is 5.91 Å². The van der Waals surface area contributed by atoms with Gasteiger partial charge in [0, 0.05) is 11.9 Å². The molecule has 19 heavy (non-hydrogen) atoms. The number of amides is 1. The van der Waals surface area contributed by atoms with Crippen LogP contribution in [0.15, 0.2) is 47.8 Å². The zero-order valence-corrected chi connectivity index (χ0v) is 11.9. The first kappa shape index (κ1) is 13.8. The average Bonchev–Trinajstić information content (AvgIpc) is 2.99. The van der Waals surface area contributed by atoms with Gasteiger partial charge in [0.15, 0.2) is 0 Å². The fourth-order valence-corrected chi connectivity index (χ4v) is 2.67. The van der Waals surface area contributed by atoms with Gasteiger partial charge in [-0.3, -0.25) is 4.79 Å². The Labute approximate surface area is 117 Å². The molecule has 2 aromatic rings. The van der Waals surface area contributed by atoms with E-state index in [0.717, 1.165) is 10.4 Å². The van der Waals surface area contributed by atoms with Crippen LogP contribution in [0.1, 0.15) is 29.4 Å². The van der Waals surface area contributed by atoms with E-state index in [1.165, 1.54) is 11.3 Å². The number of benzene rings is 1. The normalized spacial score (nSPS) is 13.8. The highest BCUT2D eigenvalue weighted by Crippen LogP contribution is 2.24. The largest absolute Gasteiger partial charge is 0.337 e. The van der Waals surface area contributed by atoms with Crippen molar-refractivity contribution < 1.29 is 4.79 Å². The molecule has 0 fully saturated rings. The van der Waals surface area contributed by atoms with Crippen LogP contribution in [0.25, 0.3) is 0 Å². The molecular formula is C15H18N2OS. The molecule has 0 spiro atoms. The van der Waals surface area contributed by atoms with Crippen LogP contribution >= 0.6 is 11.3 Å². The summed E-state index contributed by atoms with van der Waals surface area (Å²) >= 11 is 1.51. The highest BCUT2D eigenvalue weighted by Gasteiger charge is 2.24. The van der Waals surface area contributed by atoms with Crippen LogP contribution < -0.4 is 5.73 Å². The van der Waals surface area contributed by atoms with Gasteiger partial charge in [0.25, 0.3) is 0 Å². The monoisotopic (exact) mass is 274 g/mol. The molecule has 0 aliphatic carbocycles. The molecule has 0 aliphatic heterocycles. The van der Waals surface area contributed by atoms with E-state index in [-0.39, 0.29) is 11.9 Å². The molecule has 1 amide bonds. The Balaban J connectivity index is 2.11. The molecule has 0 bridgehead atoms. The summed E-state index contributed by atoms with van der Waals surface area (Å²) in [6, 6.07) is 13.2. The van der Waals surface area contributed by atoms with Crippen molar-refractivity contribution in [3.8, 4) is 0 Å². The maximum Gasteiger partial charge on any atom is 0.245 e. The minimum atomic E-state index is -0.573. The van der Waals surface area contributed by atoms with Gasteiger partial charge in [0.1, 0.15) is 6.04 Å². The molecule has 3 nitrogen and oxygen atoms in total. The highest BCUT2D eigenvalue weighted by molar-refractivity contribution is 7.10. The molecule has 1 aromatic carbocycles. The van der Waals surface area contributed by atoms with Gasteiger partial charge in [-0.15, -0.1) is 11.3 Å². The second-order valence-electron chi connectivity index (χ2n) is 4.53. The fourth-order valence-electron chi connectivity index (χ4n) is 1.96. The van der Waals surface area contributed by atoms with Crippen molar-refractivity contribution in [3.05, 3.63) is 58.3 Å². The molecule has 2 unspecified atom stereocenters. The summed E-state index contributed by atoms with van der Waals surface area (Å²) in [6.07, 6.45) is 0. The van der Waals surface area contributed by atoms with Gasteiger partial charge in [0.05, 0.1) is 6.04 Å². The Bertz CT molecular complexity index is 524. The number of nitrogens with zero attached hydrogens (tertiary/aromatic N) is 1. The summed E-state index contributed by atoms with van der Waals surface area (Å²) in [6.45, 7) is 2.01. The highest BCUT2D eigenvalue weighted by atomic mass is 32.1. The number of likely N-dealkylation sites (N-methyl/N-ethyl adjacent to an activating group) is 1. The van der Waals surface area contributed by atoms with Crippen LogP contribution in [0.4, 0.5) is 0 Å². The van der Waals surface area contributed by atoms with Crippen molar-refractivity contribution >= 4 is 17.2 Å². The molecule has 100 valence electrons. The summed E-state index contributed by atoms with van der Waals surface area (Å²) in [5.41, 5.74) is 7.13. The van der Waals surface area contributed by atoms with Crippen molar-refractivity contribution in [1.82, 2.24) is 4.90 Å². The third-order valence-electron chi connectivity index (χ3n) is 3.33. The van der Waals surface area contributed by atoms with E-state index in [1.54, 1.807) is 11.9 Å². The predicted octanol–water partition coefficient (Wildman–Crippen LogP) is 2.97. The van der Waals surface area contributed by atoms with Gasteiger partial charge >= 0.3 is 0 Å². The Morgan fingerprint density at radius 2 is 1.89 bits per heavy atom. The van der Waals surface area contributed by atoms with E-state index < -0.39 is 6.04 Å². The van der Waals surface area contributed by atoms with Gasteiger partial charge < -0.3 is 10.6 Å². The Hall–Kier alpha value is -1.65. The second-order valence-corrected chi connectivity index (χ2v) is 5.51. The van der Waals surface area contributed by atoms with E-state index in [2.05, 4.69) is 0 Å². The molecule has 0 saturated heterocycles. The summed E-state index contributed by atoms with van der Waals surface area (Å²) in [7, 11) is 1.80.